The molecule has 0 aliphatic rings. The van der Waals surface area contributed by atoms with Crippen molar-refractivity contribution in [1.82, 2.24) is 5.32 Å². The average Bonchev–Trinajstić information content (AvgIpc) is 3.33. The number of aliphatic hydroxyl groups is 2. The quantitative estimate of drug-likeness (QED) is 0.0321. The summed E-state index contributed by atoms with van der Waals surface area (Å²) in [6.07, 6.45) is 65.7. The SMILES string of the molecule is CCCCCCCC/C=C/CCCCCCCCCCCC(=O)OC(CCCCCCCCCCCCCCC)CC(=O)NC(CO)C(O)CCCCCCCCCCCCCCCCCCC. The van der Waals surface area contributed by atoms with E-state index in [1.165, 1.54) is 257 Å². The lowest BCUT2D eigenvalue weighted by Gasteiger charge is -2.24. The van der Waals surface area contributed by atoms with E-state index in [1.807, 2.05) is 0 Å². The van der Waals surface area contributed by atoms with Crippen molar-refractivity contribution in [1.29, 1.82) is 0 Å². The number of nitrogens with one attached hydrogen (secondary N) is 1. The molecule has 6 heteroatoms. The fraction of sp³-hybridized carbons (Fsp3) is 0.935. The Balaban J connectivity index is 4.43. The Morgan fingerprint density at radius 2 is 0.706 bits per heavy atom. The number of hydrogen-bond acceptors (Lipinski definition) is 5. The number of esters is 1. The lowest BCUT2D eigenvalue weighted by Crippen LogP contribution is -2.46. The number of unbranched alkanes of at least 4 members (excludes halogenated alkanes) is 43. The molecule has 3 unspecified atom stereocenters. The molecule has 0 aliphatic heterocycles. The minimum atomic E-state index is -0.783. The molecule has 0 spiro atoms. The van der Waals surface area contributed by atoms with Crippen LogP contribution in [0.15, 0.2) is 12.2 Å². The highest BCUT2D eigenvalue weighted by Crippen LogP contribution is 2.19. The van der Waals surface area contributed by atoms with E-state index in [1.54, 1.807) is 0 Å². The molecule has 0 saturated carbocycles. The first-order valence-corrected chi connectivity index (χ1v) is 30.9. The van der Waals surface area contributed by atoms with Gasteiger partial charge >= 0.3 is 5.97 Å². The zero-order valence-corrected chi connectivity index (χ0v) is 46.3. The predicted octanol–water partition coefficient (Wildman–Crippen LogP) is 19.2. The summed E-state index contributed by atoms with van der Waals surface area (Å²) in [4.78, 5) is 26.3. The molecule has 0 heterocycles. The fourth-order valence-electron chi connectivity index (χ4n) is 9.90. The lowest BCUT2D eigenvalue weighted by molar-refractivity contribution is -0.151. The zero-order chi connectivity index (χ0) is 49.5. The first-order chi connectivity index (χ1) is 33.5. The normalized spacial score (nSPS) is 13.1. The summed E-state index contributed by atoms with van der Waals surface area (Å²) in [5, 5.41) is 23.9. The van der Waals surface area contributed by atoms with Gasteiger partial charge in [-0.3, -0.25) is 9.59 Å². The molecule has 6 nitrogen and oxygen atoms in total. The standard InChI is InChI=1S/C62H121NO5/c1-4-7-10-13-16-19-22-25-27-29-30-32-34-37-40-43-46-49-52-55-62(67)68-58(53-50-47-44-41-38-35-24-21-18-15-12-9-6-3)56-61(66)63-59(57-64)60(65)54-51-48-45-42-39-36-33-31-28-26-23-20-17-14-11-8-5-2/h25,27,58-60,64-65H,4-24,26,28-57H2,1-3H3,(H,63,66)/b27-25+. The van der Waals surface area contributed by atoms with Crippen molar-refractivity contribution in [2.24, 2.45) is 0 Å². The Labute approximate surface area is 425 Å². The van der Waals surface area contributed by atoms with Gasteiger partial charge in [-0.1, -0.05) is 296 Å². The molecule has 0 aromatic rings. The number of carbonyl (C=O) groups excluding carboxylic acids is 2. The van der Waals surface area contributed by atoms with E-state index in [0.29, 0.717) is 19.3 Å². The van der Waals surface area contributed by atoms with E-state index in [4.69, 9.17) is 4.74 Å². The van der Waals surface area contributed by atoms with Crippen molar-refractivity contribution in [2.75, 3.05) is 6.61 Å². The lowest BCUT2D eigenvalue weighted by atomic mass is 10.0. The first-order valence-electron chi connectivity index (χ1n) is 30.9. The second kappa shape index (κ2) is 56.5. The fourth-order valence-corrected chi connectivity index (χ4v) is 9.90. The van der Waals surface area contributed by atoms with E-state index in [-0.39, 0.29) is 24.9 Å². The largest absolute Gasteiger partial charge is 0.462 e. The smallest absolute Gasteiger partial charge is 0.306 e. The average molecular weight is 961 g/mol. The summed E-state index contributed by atoms with van der Waals surface area (Å²) in [5.41, 5.74) is 0. The summed E-state index contributed by atoms with van der Waals surface area (Å²) in [6, 6.07) is -0.696. The molecular formula is C62H121NO5. The van der Waals surface area contributed by atoms with Gasteiger partial charge in [-0.05, 0) is 51.4 Å². The van der Waals surface area contributed by atoms with Crippen LogP contribution in [0.25, 0.3) is 0 Å². The summed E-state index contributed by atoms with van der Waals surface area (Å²) in [7, 11) is 0. The van der Waals surface area contributed by atoms with E-state index < -0.39 is 18.2 Å². The predicted molar refractivity (Wildman–Crippen MR) is 297 cm³/mol. The molecule has 0 saturated heterocycles. The third kappa shape index (κ3) is 51.0. The van der Waals surface area contributed by atoms with Crippen molar-refractivity contribution < 1.29 is 24.5 Å². The molecule has 404 valence electrons. The van der Waals surface area contributed by atoms with Crippen LogP contribution in [0.1, 0.15) is 348 Å². The van der Waals surface area contributed by atoms with Crippen LogP contribution < -0.4 is 5.32 Å². The van der Waals surface area contributed by atoms with Gasteiger partial charge in [-0.2, -0.15) is 0 Å². The van der Waals surface area contributed by atoms with Crippen LogP contribution in [0.2, 0.25) is 0 Å². The first kappa shape index (κ1) is 66.6. The highest BCUT2D eigenvalue weighted by Gasteiger charge is 2.24. The number of hydrogen-bond donors (Lipinski definition) is 3. The Morgan fingerprint density at radius 3 is 1.04 bits per heavy atom. The van der Waals surface area contributed by atoms with Crippen molar-refractivity contribution in [3.8, 4) is 0 Å². The van der Waals surface area contributed by atoms with Gasteiger partial charge in [0, 0.05) is 6.42 Å². The molecule has 0 aromatic carbocycles. The zero-order valence-electron chi connectivity index (χ0n) is 46.3. The number of carbonyl (C=O) groups is 2. The van der Waals surface area contributed by atoms with Gasteiger partial charge in [0.1, 0.15) is 6.10 Å². The number of aliphatic hydroxyl groups excluding tert-OH is 2. The summed E-state index contributed by atoms with van der Waals surface area (Å²) >= 11 is 0. The maximum Gasteiger partial charge on any atom is 0.306 e. The van der Waals surface area contributed by atoms with Crippen LogP contribution in [-0.4, -0.2) is 46.9 Å². The van der Waals surface area contributed by atoms with Crippen molar-refractivity contribution >= 4 is 11.9 Å². The van der Waals surface area contributed by atoms with E-state index in [9.17, 15) is 19.8 Å². The van der Waals surface area contributed by atoms with Gasteiger partial charge in [-0.15, -0.1) is 0 Å². The van der Waals surface area contributed by atoms with Crippen LogP contribution >= 0.6 is 0 Å². The Morgan fingerprint density at radius 1 is 0.412 bits per heavy atom. The Kier molecular flexibility index (Phi) is 55.3. The van der Waals surface area contributed by atoms with Gasteiger partial charge < -0.3 is 20.3 Å². The highest BCUT2D eigenvalue weighted by atomic mass is 16.5. The molecule has 3 N–H and O–H groups in total. The van der Waals surface area contributed by atoms with Gasteiger partial charge in [0.25, 0.3) is 0 Å². The Bertz CT molecular complexity index is 1030. The summed E-state index contributed by atoms with van der Waals surface area (Å²) in [5.74, 6) is -0.450. The number of allylic oxidation sites excluding steroid dienone is 2. The summed E-state index contributed by atoms with van der Waals surface area (Å²) < 4.78 is 5.98. The minimum absolute atomic E-state index is 0.0851. The van der Waals surface area contributed by atoms with E-state index in [2.05, 4.69) is 38.2 Å². The van der Waals surface area contributed by atoms with Crippen LogP contribution in [0.4, 0.5) is 0 Å². The van der Waals surface area contributed by atoms with Gasteiger partial charge in [-0.25, -0.2) is 0 Å². The second-order valence-electron chi connectivity index (χ2n) is 21.5. The van der Waals surface area contributed by atoms with E-state index in [0.717, 1.165) is 44.9 Å². The van der Waals surface area contributed by atoms with E-state index >= 15 is 0 Å². The molecule has 0 fully saturated rings. The molecule has 1 amide bonds. The van der Waals surface area contributed by atoms with Crippen LogP contribution in [-0.2, 0) is 14.3 Å². The molecule has 68 heavy (non-hydrogen) atoms. The third-order valence-electron chi connectivity index (χ3n) is 14.6. The maximum absolute atomic E-state index is 13.3. The monoisotopic (exact) mass is 960 g/mol. The highest BCUT2D eigenvalue weighted by molar-refractivity contribution is 5.77. The number of amides is 1. The molecule has 0 aromatic heterocycles. The second-order valence-corrected chi connectivity index (χ2v) is 21.5. The minimum Gasteiger partial charge on any atom is -0.462 e. The third-order valence-corrected chi connectivity index (χ3v) is 14.6. The molecule has 0 rings (SSSR count). The topological polar surface area (TPSA) is 95.9 Å². The molecular weight excluding hydrogens is 839 g/mol. The van der Waals surface area contributed by atoms with Gasteiger partial charge in [0.2, 0.25) is 5.91 Å². The molecule has 0 radical (unpaired) electrons. The Hall–Kier alpha value is -1.40. The van der Waals surface area contributed by atoms with Gasteiger partial charge in [0.15, 0.2) is 0 Å². The molecule has 0 aliphatic carbocycles. The van der Waals surface area contributed by atoms with Crippen molar-refractivity contribution in [3.05, 3.63) is 12.2 Å². The van der Waals surface area contributed by atoms with Crippen LogP contribution in [0.5, 0.6) is 0 Å². The van der Waals surface area contributed by atoms with Gasteiger partial charge in [0.05, 0.1) is 25.2 Å². The van der Waals surface area contributed by atoms with Crippen LogP contribution in [0, 0.1) is 0 Å². The number of rotatable bonds is 57. The van der Waals surface area contributed by atoms with Crippen molar-refractivity contribution in [3.63, 3.8) is 0 Å². The summed E-state index contributed by atoms with van der Waals surface area (Å²) in [6.45, 7) is 6.54. The van der Waals surface area contributed by atoms with Crippen LogP contribution in [0.3, 0.4) is 0 Å². The molecule has 0 bridgehead atoms. The van der Waals surface area contributed by atoms with Crippen molar-refractivity contribution in [2.45, 2.75) is 366 Å². The maximum atomic E-state index is 13.3. The molecule has 3 atom stereocenters. The number of ether oxygens (including phenoxy) is 1.